The van der Waals surface area contributed by atoms with Gasteiger partial charge < -0.3 is 11.1 Å². The molecule has 1 amide bonds. The van der Waals surface area contributed by atoms with E-state index in [1.165, 1.54) is 21.2 Å². The number of nitrogens with two attached hydrogens (primary N) is 1. The molecular formula is C20H20N2OS2. The van der Waals surface area contributed by atoms with E-state index < -0.39 is 0 Å². The minimum absolute atomic E-state index is 0.0629. The zero-order valence-corrected chi connectivity index (χ0v) is 15.4. The Balaban J connectivity index is 1.56. The maximum Gasteiger partial charge on any atom is 0.238 e. The number of nitrogens with one attached hydrogen (secondary N) is 1. The third-order valence-electron chi connectivity index (χ3n) is 4.64. The summed E-state index contributed by atoms with van der Waals surface area (Å²) in [5, 5.41) is 7.49. The molecule has 0 saturated carbocycles. The van der Waals surface area contributed by atoms with E-state index >= 15 is 0 Å². The number of fused-ring (bicyclic) bond motifs is 2. The molecule has 0 spiro atoms. The summed E-state index contributed by atoms with van der Waals surface area (Å²) in [6.07, 6.45) is 1.06. The van der Waals surface area contributed by atoms with Gasteiger partial charge in [-0.15, -0.1) is 23.1 Å². The molecule has 3 N–H and O–H groups in total. The lowest BCUT2D eigenvalue weighted by molar-refractivity contribution is -0.121. The number of carbonyl (C=O) groups is 1. The maximum absolute atomic E-state index is 12.9. The Morgan fingerprint density at radius 2 is 2.04 bits per heavy atom. The summed E-state index contributed by atoms with van der Waals surface area (Å²) >= 11 is 3.47. The summed E-state index contributed by atoms with van der Waals surface area (Å²) in [5.41, 5.74) is 8.21. The molecule has 0 aliphatic carbocycles. The standard InChI is InChI=1S/C20H20N2OS2/c21-12-17(15-6-5-13-3-1-2-4-14(13)11-15)22-20(23)19-16-7-9-24-18(16)8-10-25-19/h1-7,9,11,17,19H,8,10,12,21H2,(H,22,23). The Bertz CT molecular complexity index is 905. The van der Waals surface area contributed by atoms with E-state index in [-0.39, 0.29) is 17.2 Å². The molecule has 4 rings (SSSR count). The van der Waals surface area contributed by atoms with Crippen LogP contribution in [-0.4, -0.2) is 18.2 Å². The van der Waals surface area contributed by atoms with Crippen molar-refractivity contribution in [2.45, 2.75) is 17.7 Å². The van der Waals surface area contributed by atoms with Crippen LogP contribution in [0.25, 0.3) is 10.8 Å². The largest absolute Gasteiger partial charge is 0.347 e. The first kappa shape index (κ1) is 16.6. The summed E-state index contributed by atoms with van der Waals surface area (Å²) in [5.74, 6) is 1.06. The van der Waals surface area contributed by atoms with Crippen molar-refractivity contribution in [2.24, 2.45) is 5.73 Å². The van der Waals surface area contributed by atoms with Crippen LogP contribution in [0.5, 0.6) is 0 Å². The van der Waals surface area contributed by atoms with E-state index in [9.17, 15) is 4.79 Å². The molecule has 1 aliphatic rings. The fourth-order valence-corrected chi connectivity index (χ4v) is 5.62. The van der Waals surface area contributed by atoms with Gasteiger partial charge in [0.25, 0.3) is 0 Å². The van der Waals surface area contributed by atoms with Crippen LogP contribution in [0.1, 0.15) is 27.3 Å². The molecule has 0 saturated heterocycles. The molecule has 5 heteroatoms. The number of hydrogen-bond donors (Lipinski definition) is 2. The number of rotatable bonds is 4. The molecule has 2 unspecified atom stereocenters. The van der Waals surface area contributed by atoms with Crippen LogP contribution >= 0.6 is 23.1 Å². The smallest absolute Gasteiger partial charge is 0.238 e. The van der Waals surface area contributed by atoms with Crippen molar-refractivity contribution in [1.29, 1.82) is 0 Å². The van der Waals surface area contributed by atoms with Gasteiger partial charge in [0.2, 0.25) is 5.91 Å². The van der Waals surface area contributed by atoms with Gasteiger partial charge in [-0.2, -0.15) is 0 Å². The van der Waals surface area contributed by atoms with Crippen LogP contribution in [0.15, 0.2) is 53.9 Å². The Hall–Kier alpha value is -1.82. The molecule has 3 nitrogen and oxygen atoms in total. The third-order valence-corrected chi connectivity index (χ3v) is 6.88. The first-order valence-electron chi connectivity index (χ1n) is 8.43. The fourth-order valence-electron chi connectivity index (χ4n) is 3.31. The molecule has 2 aromatic carbocycles. The SMILES string of the molecule is NCC(NC(=O)C1SCCc2sccc21)c1ccc2ccccc2c1. The van der Waals surface area contributed by atoms with Gasteiger partial charge in [-0.25, -0.2) is 0 Å². The van der Waals surface area contributed by atoms with E-state index in [0.29, 0.717) is 6.54 Å². The Morgan fingerprint density at radius 1 is 1.20 bits per heavy atom. The second kappa shape index (κ2) is 7.20. The van der Waals surface area contributed by atoms with Gasteiger partial charge in [0.15, 0.2) is 0 Å². The number of carbonyl (C=O) groups excluding carboxylic acids is 1. The number of thioether (sulfide) groups is 1. The molecule has 2 heterocycles. The highest BCUT2D eigenvalue weighted by Crippen LogP contribution is 2.39. The Kier molecular flexibility index (Phi) is 4.79. The highest BCUT2D eigenvalue weighted by atomic mass is 32.2. The average Bonchev–Trinajstić information content (AvgIpc) is 3.14. The Labute approximate surface area is 155 Å². The van der Waals surface area contributed by atoms with Crippen LogP contribution in [0, 0.1) is 0 Å². The molecule has 1 aromatic heterocycles. The average molecular weight is 369 g/mol. The molecule has 2 atom stereocenters. The highest BCUT2D eigenvalue weighted by molar-refractivity contribution is 8.00. The predicted octanol–water partition coefficient (Wildman–Crippen LogP) is 4.05. The number of benzene rings is 2. The van der Waals surface area contributed by atoms with E-state index in [0.717, 1.165) is 17.7 Å². The Morgan fingerprint density at radius 3 is 2.88 bits per heavy atom. The van der Waals surface area contributed by atoms with Crippen LogP contribution < -0.4 is 11.1 Å². The van der Waals surface area contributed by atoms with Gasteiger partial charge in [0.05, 0.1) is 6.04 Å². The van der Waals surface area contributed by atoms with Gasteiger partial charge >= 0.3 is 0 Å². The molecule has 3 aromatic rings. The van der Waals surface area contributed by atoms with E-state index in [1.54, 1.807) is 23.1 Å². The zero-order valence-electron chi connectivity index (χ0n) is 13.8. The van der Waals surface area contributed by atoms with E-state index in [1.807, 2.05) is 12.1 Å². The molecule has 128 valence electrons. The lowest BCUT2D eigenvalue weighted by atomic mass is 10.0. The minimum atomic E-state index is -0.165. The molecule has 0 radical (unpaired) electrons. The summed E-state index contributed by atoms with van der Waals surface area (Å²) in [4.78, 5) is 14.2. The second-order valence-electron chi connectivity index (χ2n) is 6.20. The monoisotopic (exact) mass is 368 g/mol. The van der Waals surface area contributed by atoms with Crippen LogP contribution in [0.2, 0.25) is 0 Å². The van der Waals surface area contributed by atoms with E-state index in [2.05, 4.69) is 47.1 Å². The summed E-state index contributed by atoms with van der Waals surface area (Å²) < 4.78 is 0. The van der Waals surface area contributed by atoms with Gasteiger partial charge in [0, 0.05) is 11.4 Å². The quantitative estimate of drug-likeness (QED) is 0.730. The van der Waals surface area contributed by atoms with Crippen molar-refractivity contribution < 1.29 is 4.79 Å². The van der Waals surface area contributed by atoms with Gasteiger partial charge in [0.1, 0.15) is 5.25 Å². The van der Waals surface area contributed by atoms with Crippen LogP contribution in [0.4, 0.5) is 0 Å². The minimum Gasteiger partial charge on any atom is -0.347 e. The summed E-state index contributed by atoms with van der Waals surface area (Å²) in [6, 6.07) is 16.4. The molecule has 0 fully saturated rings. The third kappa shape index (κ3) is 3.32. The summed E-state index contributed by atoms with van der Waals surface area (Å²) in [6.45, 7) is 0.387. The lowest BCUT2D eigenvalue weighted by Crippen LogP contribution is -2.36. The number of hydrogen-bond acceptors (Lipinski definition) is 4. The lowest BCUT2D eigenvalue weighted by Gasteiger charge is -2.25. The molecule has 1 aliphatic heterocycles. The number of thiophene rings is 1. The van der Waals surface area contributed by atoms with Gasteiger partial charge in [-0.3, -0.25) is 4.79 Å². The van der Waals surface area contributed by atoms with Gasteiger partial charge in [-0.1, -0.05) is 36.4 Å². The normalized spacial score (nSPS) is 17.9. The van der Waals surface area contributed by atoms with Crippen LogP contribution in [0.3, 0.4) is 0 Å². The number of amides is 1. The zero-order chi connectivity index (χ0) is 17.2. The van der Waals surface area contributed by atoms with Crippen molar-refractivity contribution in [1.82, 2.24) is 5.32 Å². The van der Waals surface area contributed by atoms with Crippen molar-refractivity contribution >= 4 is 39.8 Å². The highest BCUT2D eigenvalue weighted by Gasteiger charge is 2.29. The molecule has 0 bridgehead atoms. The second-order valence-corrected chi connectivity index (χ2v) is 8.42. The first-order valence-corrected chi connectivity index (χ1v) is 10.4. The fraction of sp³-hybridized carbons (Fsp3) is 0.250. The molecular weight excluding hydrogens is 348 g/mol. The topological polar surface area (TPSA) is 55.1 Å². The van der Waals surface area contributed by atoms with Crippen molar-refractivity contribution in [3.8, 4) is 0 Å². The van der Waals surface area contributed by atoms with Gasteiger partial charge in [-0.05, 0) is 51.6 Å². The predicted molar refractivity (Wildman–Crippen MR) is 107 cm³/mol. The van der Waals surface area contributed by atoms with Crippen molar-refractivity contribution in [3.63, 3.8) is 0 Å². The summed E-state index contributed by atoms with van der Waals surface area (Å²) in [7, 11) is 0. The molecule has 25 heavy (non-hydrogen) atoms. The van der Waals surface area contributed by atoms with E-state index in [4.69, 9.17) is 5.73 Å². The maximum atomic E-state index is 12.9. The van der Waals surface area contributed by atoms with Crippen molar-refractivity contribution in [2.75, 3.05) is 12.3 Å². The van der Waals surface area contributed by atoms with Crippen LogP contribution in [-0.2, 0) is 11.2 Å². The number of aryl methyl sites for hydroxylation is 1. The van der Waals surface area contributed by atoms with Crippen molar-refractivity contribution in [3.05, 3.63) is 69.9 Å². The first-order chi connectivity index (χ1) is 12.3.